The monoisotopic (exact) mass is 275 g/mol. The molecule has 0 aliphatic carbocycles. The van der Waals surface area contributed by atoms with Gasteiger partial charge in [-0.3, -0.25) is 4.68 Å². The maximum absolute atomic E-state index is 9.34. The second-order valence-electron chi connectivity index (χ2n) is 4.68. The lowest BCUT2D eigenvalue weighted by Gasteiger charge is -2.17. The van der Waals surface area contributed by atoms with Crippen molar-refractivity contribution in [1.29, 1.82) is 0 Å². The number of ether oxygens (including phenoxy) is 1. The van der Waals surface area contributed by atoms with Crippen LogP contribution in [0.25, 0.3) is 0 Å². The van der Waals surface area contributed by atoms with E-state index in [0.717, 1.165) is 24.2 Å². The van der Waals surface area contributed by atoms with Crippen molar-refractivity contribution in [2.45, 2.75) is 25.9 Å². The van der Waals surface area contributed by atoms with E-state index < -0.39 is 0 Å². The molecule has 0 bridgehead atoms. The number of hydrogen-bond donors (Lipinski definition) is 2. The number of aromatic hydroxyl groups is 1. The number of methoxy groups -OCH3 is 1. The van der Waals surface area contributed by atoms with Gasteiger partial charge in [-0.1, -0.05) is 19.1 Å². The van der Waals surface area contributed by atoms with Crippen LogP contribution in [0.4, 0.5) is 5.69 Å². The molecular formula is C15H21N3O2. The average molecular weight is 275 g/mol. The zero-order valence-electron chi connectivity index (χ0n) is 11.9. The van der Waals surface area contributed by atoms with Gasteiger partial charge in [0.2, 0.25) is 0 Å². The van der Waals surface area contributed by atoms with Gasteiger partial charge in [-0.25, -0.2) is 0 Å². The molecule has 1 heterocycles. The summed E-state index contributed by atoms with van der Waals surface area (Å²) in [6.45, 7) is 3.52. The predicted octanol–water partition coefficient (Wildman–Crippen LogP) is 2.80. The molecule has 5 heteroatoms. The second kappa shape index (κ2) is 6.96. The molecule has 0 saturated carbocycles. The quantitative estimate of drug-likeness (QED) is 0.815. The summed E-state index contributed by atoms with van der Waals surface area (Å²) < 4.78 is 6.89. The number of rotatable bonds is 7. The summed E-state index contributed by atoms with van der Waals surface area (Å²) in [5, 5.41) is 17.1. The van der Waals surface area contributed by atoms with Crippen molar-refractivity contribution in [3.05, 3.63) is 42.2 Å². The lowest BCUT2D eigenvalue weighted by molar-refractivity contribution is 0.183. The zero-order chi connectivity index (χ0) is 14.4. The molecule has 0 aliphatic rings. The van der Waals surface area contributed by atoms with E-state index in [9.17, 15) is 5.11 Å². The molecule has 0 radical (unpaired) electrons. The normalized spacial score (nSPS) is 12.3. The fraction of sp³-hybridized carbons (Fsp3) is 0.400. The third kappa shape index (κ3) is 3.74. The Morgan fingerprint density at radius 3 is 2.75 bits per heavy atom. The first kappa shape index (κ1) is 14.4. The highest BCUT2D eigenvalue weighted by Crippen LogP contribution is 2.23. The van der Waals surface area contributed by atoms with E-state index >= 15 is 0 Å². The highest BCUT2D eigenvalue weighted by atomic mass is 16.5. The third-order valence-corrected chi connectivity index (χ3v) is 3.20. The number of anilines is 1. The van der Waals surface area contributed by atoms with Gasteiger partial charge in [0, 0.05) is 13.3 Å². The number of nitrogens with one attached hydrogen (secondary N) is 1. The number of benzene rings is 1. The first-order chi connectivity index (χ1) is 9.72. The lowest BCUT2D eigenvalue weighted by atomic mass is 10.0. The maximum Gasteiger partial charge on any atom is 0.115 e. The summed E-state index contributed by atoms with van der Waals surface area (Å²) in [6.07, 6.45) is 4.74. The van der Waals surface area contributed by atoms with Gasteiger partial charge < -0.3 is 15.2 Å². The highest BCUT2D eigenvalue weighted by molar-refractivity contribution is 5.42. The zero-order valence-corrected chi connectivity index (χ0v) is 11.9. The van der Waals surface area contributed by atoms with Crippen molar-refractivity contribution in [2.24, 2.45) is 0 Å². The molecule has 2 N–H and O–H groups in total. The standard InChI is InChI=1S/C15H21N3O2/c1-3-15(12-4-6-14(19)7-5-12)17-13-10-16-18(11-13)8-9-20-2/h4-7,10-11,15,17,19H,3,8-9H2,1-2H3. The first-order valence-electron chi connectivity index (χ1n) is 6.79. The van der Waals surface area contributed by atoms with Crippen molar-refractivity contribution in [2.75, 3.05) is 19.0 Å². The lowest BCUT2D eigenvalue weighted by Crippen LogP contribution is -2.09. The van der Waals surface area contributed by atoms with E-state index in [1.165, 1.54) is 0 Å². The predicted molar refractivity (Wildman–Crippen MR) is 78.9 cm³/mol. The van der Waals surface area contributed by atoms with Gasteiger partial charge in [0.15, 0.2) is 0 Å². The Bertz CT molecular complexity index is 522. The van der Waals surface area contributed by atoms with E-state index in [2.05, 4.69) is 17.3 Å². The fourth-order valence-corrected chi connectivity index (χ4v) is 2.07. The van der Waals surface area contributed by atoms with Crippen LogP contribution < -0.4 is 5.32 Å². The molecule has 1 unspecified atom stereocenters. The van der Waals surface area contributed by atoms with Crippen LogP contribution in [0.15, 0.2) is 36.7 Å². The molecule has 1 aromatic carbocycles. The molecule has 0 spiro atoms. The minimum Gasteiger partial charge on any atom is -0.508 e. The van der Waals surface area contributed by atoms with Crippen molar-refractivity contribution in [1.82, 2.24) is 9.78 Å². The summed E-state index contributed by atoms with van der Waals surface area (Å²) in [5.74, 6) is 0.288. The van der Waals surface area contributed by atoms with Gasteiger partial charge in [-0.2, -0.15) is 5.10 Å². The summed E-state index contributed by atoms with van der Waals surface area (Å²) in [4.78, 5) is 0. The van der Waals surface area contributed by atoms with Gasteiger partial charge in [-0.05, 0) is 24.1 Å². The van der Waals surface area contributed by atoms with Gasteiger partial charge >= 0.3 is 0 Å². The molecule has 2 aromatic rings. The van der Waals surface area contributed by atoms with Gasteiger partial charge in [0.1, 0.15) is 5.75 Å². The van der Waals surface area contributed by atoms with Gasteiger partial charge in [-0.15, -0.1) is 0 Å². The molecule has 5 nitrogen and oxygen atoms in total. The van der Waals surface area contributed by atoms with Crippen LogP contribution in [0.3, 0.4) is 0 Å². The molecular weight excluding hydrogens is 254 g/mol. The van der Waals surface area contributed by atoms with E-state index in [-0.39, 0.29) is 11.8 Å². The fourth-order valence-electron chi connectivity index (χ4n) is 2.07. The minimum atomic E-state index is 0.204. The van der Waals surface area contributed by atoms with Crippen LogP contribution in [0.5, 0.6) is 5.75 Å². The summed E-state index contributed by atoms with van der Waals surface area (Å²) in [7, 11) is 1.68. The largest absolute Gasteiger partial charge is 0.508 e. The number of nitrogens with zero attached hydrogens (tertiary/aromatic N) is 2. The van der Waals surface area contributed by atoms with Crippen LogP contribution in [-0.4, -0.2) is 28.6 Å². The van der Waals surface area contributed by atoms with Crippen LogP contribution in [-0.2, 0) is 11.3 Å². The summed E-state index contributed by atoms with van der Waals surface area (Å²) in [6, 6.07) is 7.50. The van der Waals surface area contributed by atoms with E-state index in [1.807, 2.05) is 29.2 Å². The Morgan fingerprint density at radius 2 is 2.10 bits per heavy atom. The molecule has 0 saturated heterocycles. The molecule has 0 aliphatic heterocycles. The Morgan fingerprint density at radius 1 is 1.35 bits per heavy atom. The van der Waals surface area contributed by atoms with Crippen molar-refractivity contribution < 1.29 is 9.84 Å². The molecule has 108 valence electrons. The van der Waals surface area contributed by atoms with Crippen molar-refractivity contribution in [3.63, 3.8) is 0 Å². The molecule has 0 amide bonds. The Hall–Kier alpha value is -2.01. The SMILES string of the molecule is CCC(Nc1cnn(CCOC)c1)c1ccc(O)cc1. The Balaban J connectivity index is 2.02. The number of phenols is 1. The summed E-state index contributed by atoms with van der Waals surface area (Å²) in [5.41, 5.74) is 2.14. The summed E-state index contributed by atoms with van der Waals surface area (Å²) >= 11 is 0. The topological polar surface area (TPSA) is 59.3 Å². The Labute approximate surface area is 119 Å². The smallest absolute Gasteiger partial charge is 0.115 e. The third-order valence-electron chi connectivity index (χ3n) is 3.20. The average Bonchev–Trinajstić information content (AvgIpc) is 2.91. The number of phenolic OH excluding ortho intramolecular Hbond substituents is 1. The molecule has 0 fully saturated rings. The number of aromatic nitrogens is 2. The number of hydrogen-bond acceptors (Lipinski definition) is 4. The second-order valence-corrected chi connectivity index (χ2v) is 4.68. The van der Waals surface area contributed by atoms with Crippen molar-refractivity contribution in [3.8, 4) is 5.75 Å². The minimum absolute atomic E-state index is 0.204. The maximum atomic E-state index is 9.34. The molecule has 1 aromatic heterocycles. The first-order valence-corrected chi connectivity index (χ1v) is 6.79. The van der Waals surface area contributed by atoms with E-state index in [4.69, 9.17) is 4.74 Å². The highest BCUT2D eigenvalue weighted by Gasteiger charge is 2.10. The van der Waals surface area contributed by atoms with Gasteiger partial charge in [0.25, 0.3) is 0 Å². The molecule has 1 atom stereocenters. The van der Waals surface area contributed by atoms with E-state index in [1.54, 1.807) is 19.2 Å². The Kier molecular flexibility index (Phi) is 5.01. The van der Waals surface area contributed by atoms with Crippen LogP contribution >= 0.6 is 0 Å². The van der Waals surface area contributed by atoms with Crippen LogP contribution in [0.1, 0.15) is 24.9 Å². The van der Waals surface area contributed by atoms with Crippen molar-refractivity contribution >= 4 is 5.69 Å². The van der Waals surface area contributed by atoms with Gasteiger partial charge in [0.05, 0.1) is 31.1 Å². The molecule has 20 heavy (non-hydrogen) atoms. The van der Waals surface area contributed by atoms with Crippen LogP contribution in [0.2, 0.25) is 0 Å². The molecule has 2 rings (SSSR count). The van der Waals surface area contributed by atoms with Crippen LogP contribution in [0, 0.1) is 0 Å². The van der Waals surface area contributed by atoms with E-state index in [0.29, 0.717) is 6.61 Å².